The Morgan fingerprint density at radius 2 is 1.93 bits per heavy atom. The number of ether oxygens (including phenoxy) is 2. The summed E-state index contributed by atoms with van der Waals surface area (Å²) in [4.78, 5) is 2.01. The van der Waals surface area contributed by atoms with Crippen LogP contribution in [-0.4, -0.2) is 49.0 Å². The second-order valence-electron chi connectivity index (χ2n) is 6.52. The molecule has 0 aliphatic carbocycles. The van der Waals surface area contributed by atoms with E-state index in [1.165, 1.54) is 13.3 Å². The quantitative estimate of drug-likeness (QED) is 0.469. The van der Waals surface area contributed by atoms with Crippen molar-refractivity contribution < 1.29 is 27.0 Å². The summed E-state index contributed by atoms with van der Waals surface area (Å²) in [6, 6.07) is 1.54. The van der Waals surface area contributed by atoms with Crippen molar-refractivity contribution in [2.45, 2.75) is 32.5 Å². The number of unbranched alkanes of at least 4 members (excludes halogenated alkanes) is 1. The minimum atomic E-state index is -4.69. The third kappa shape index (κ3) is 5.68. The molecule has 0 spiro atoms. The zero-order valence-electron chi connectivity index (χ0n) is 16.2. The van der Waals surface area contributed by atoms with Crippen LogP contribution < -0.4 is 4.74 Å². The van der Waals surface area contributed by atoms with Gasteiger partial charge < -0.3 is 14.4 Å². The number of rotatable bonds is 10. The van der Waals surface area contributed by atoms with Gasteiger partial charge in [-0.15, -0.1) is 0 Å². The number of benzene rings is 1. The first-order valence-electron chi connectivity index (χ1n) is 9.01. The van der Waals surface area contributed by atoms with Crippen molar-refractivity contribution in [1.29, 1.82) is 0 Å². The molecule has 1 aromatic carbocycles. The molecule has 0 amide bonds. The van der Waals surface area contributed by atoms with Gasteiger partial charge in [0.2, 0.25) is 0 Å². The number of hydrogen-bond acceptors (Lipinski definition) is 4. The van der Waals surface area contributed by atoms with Gasteiger partial charge in [-0.25, -0.2) is 4.39 Å². The lowest BCUT2D eigenvalue weighted by Crippen LogP contribution is -2.19. The number of methoxy groups -OCH3 is 1. The number of alkyl halides is 3. The van der Waals surface area contributed by atoms with Gasteiger partial charge in [0.15, 0.2) is 0 Å². The van der Waals surface area contributed by atoms with Crippen LogP contribution in [0.15, 0.2) is 18.3 Å². The first-order chi connectivity index (χ1) is 13.3. The van der Waals surface area contributed by atoms with Crippen LogP contribution in [0, 0.1) is 5.82 Å². The molecular formula is C19H25F4N3O2. The molecule has 0 atom stereocenters. The van der Waals surface area contributed by atoms with Gasteiger partial charge in [0, 0.05) is 30.8 Å². The third-order valence-electron chi connectivity index (χ3n) is 4.25. The molecule has 1 aromatic heterocycles. The highest BCUT2D eigenvalue weighted by atomic mass is 19.4. The average molecular weight is 403 g/mol. The largest absolute Gasteiger partial charge is 0.490 e. The maximum Gasteiger partial charge on any atom is 0.419 e. The van der Waals surface area contributed by atoms with Crippen LogP contribution in [0.4, 0.5) is 17.6 Å². The standard InChI is InChI=1S/C19H25F4N3O2/c1-4-5-6-26(2)12-17-14(11-24-25-17)13-9-15(19(21,22)23)18(10-16(13)20)28-8-7-27-3/h9-11H,4-8,12H2,1-3H3,(H,24,25). The van der Waals surface area contributed by atoms with E-state index in [4.69, 9.17) is 9.47 Å². The summed E-state index contributed by atoms with van der Waals surface area (Å²) in [6.45, 7) is 3.29. The highest BCUT2D eigenvalue weighted by Crippen LogP contribution is 2.40. The van der Waals surface area contributed by atoms with E-state index in [-0.39, 0.29) is 18.8 Å². The third-order valence-corrected chi connectivity index (χ3v) is 4.25. The molecule has 2 rings (SSSR count). The van der Waals surface area contributed by atoms with Crippen molar-refractivity contribution >= 4 is 0 Å². The molecule has 1 heterocycles. The molecule has 156 valence electrons. The van der Waals surface area contributed by atoms with E-state index >= 15 is 0 Å². The fraction of sp³-hybridized carbons (Fsp3) is 0.526. The summed E-state index contributed by atoms with van der Waals surface area (Å²) in [5, 5.41) is 6.67. The number of aromatic nitrogens is 2. The second-order valence-corrected chi connectivity index (χ2v) is 6.52. The lowest BCUT2D eigenvalue weighted by molar-refractivity contribution is -0.139. The SMILES string of the molecule is CCCCN(C)Cc1[nH]ncc1-c1cc(C(F)(F)F)c(OCCOC)cc1F. The average Bonchev–Trinajstić information content (AvgIpc) is 3.07. The fourth-order valence-corrected chi connectivity index (χ4v) is 2.78. The van der Waals surface area contributed by atoms with E-state index < -0.39 is 23.3 Å². The van der Waals surface area contributed by atoms with Crippen LogP contribution in [0.25, 0.3) is 11.1 Å². The predicted octanol–water partition coefficient (Wildman–Crippen LogP) is 4.49. The Balaban J connectivity index is 2.37. The molecular weight excluding hydrogens is 378 g/mol. The first-order valence-corrected chi connectivity index (χ1v) is 9.01. The van der Waals surface area contributed by atoms with Crippen LogP contribution >= 0.6 is 0 Å². The number of nitrogens with zero attached hydrogens (tertiary/aromatic N) is 2. The molecule has 2 aromatic rings. The Labute approximate surface area is 161 Å². The number of halogens is 4. The lowest BCUT2D eigenvalue weighted by Gasteiger charge is -2.18. The lowest BCUT2D eigenvalue weighted by atomic mass is 10.0. The maximum absolute atomic E-state index is 14.7. The van der Waals surface area contributed by atoms with Gasteiger partial charge in [0.1, 0.15) is 18.2 Å². The Morgan fingerprint density at radius 3 is 2.57 bits per heavy atom. The second kappa shape index (κ2) is 9.88. The first kappa shape index (κ1) is 22.2. The van der Waals surface area contributed by atoms with Crippen molar-refractivity contribution in [2.24, 2.45) is 0 Å². The van der Waals surface area contributed by atoms with Crippen molar-refractivity contribution in [3.63, 3.8) is 0 Å². The Morgan fingerprint density at radius 1 is 1.18 bits per heavy atom. The van der Waals surface area contributed by atoms with E-state index in [0.29, 0.717) is 17.8 Å². The molecule has 9 heteroatoms. The van der Waals surface area contributed by atoms with Crippen molar-refractivity contribution in [3.8, 4) is 16.9 Å². The zero-order valence-corrected chi connectivity index (χ0v) is 16.2. The van der Waals surface area contributed by atoms with E-state index in [9.17, 15) is 17.6 Å². The number of hydrogen-bond donors (Lipinski definition) is 1. The van der Waals surface area contributed by atoms with Gasteiger partial charge in [0.05, 0.1) is 24.1 Å². The minimum Gasteiger partial charge on any atom is -0.490 e. The van der Waals surface area contributed by atoms with E-state index in [1.54, 1.807) is 0 Å². The van der Waals surface area contributed by atoms with E-state index in [2.05, 4.69) is 17.1 Å². The molecule has 0 fully saturated rings. The smallest absolute Gasteiger partial charge is 0.419 e. The molecule has 0 unspecified atom stereocenters. The molecule has 5 nitrogen and oxygen atoms in total. The molecule has 0 saturated carbocycles. The Bertz CT molecular complexity index is 762. The Kier molecular flexibility index (Phi) is 7.82. The topological polar surface area (TPSA) is 50.4 Å². The molecule has 0 radical (unpaired) electrons. The molecule has 28 heavy (non-hydrogen) atoms. The highest BCUT2D eigenvalue weighted by Gasteiger charge is 2.36. The highest BCUT2D eigenvalue weighted by molar-refractivity contribution is 5.68. The maximum atomic E-state index is 14.7. The van der Waals surface area contributed by atoms with Gasteiger partial charge in [-0.2, -0.15) is 18.3 Å². The van der Waals surface area contributed by atoms with Crippen LogP contribution in [0.1, 0.15) is 31.0 Å². The predicted molar refractivity (Wildman–Crippen MR) is 97.6 cm³/mol. The van der Waals surface area contributed by atoms with E-state index in [1.807, 2.05) is 11.9 Å². The summed E-state index contributed by atoms with van der Waals surface area (Å²) in [5.74, 6) is -1.37. The zero-order chi connectivity index (χ0) is 20.7. The van der Waals surface area contributed by atoms with Crippen LogP contribution in [-0.2, 0) is 17.5 Å². The molecule has 1 N–H and O–H groups in total. The monoisotopic (exact) mass is 403 g/mol. The van der Waals surface area contributed by atoms with Crippen molar-refractivity contribution in [1.82, 2.24) is 15.1 Å². The summed E-state index contributed by atoms with van der Waals surface area (Å²) in [7, 11) is 3.29. The number of aromatic amines is 1. The van der Waals surface area contributed by atoms with Crippen molar-refractivity contribution in [2.75, 3.05) is 33.9 Å². The van der Waals surface area contributed by atoms with Gasteiger partial charge >= 0.3 is 6.18 Å². The van der Waals surface area contributed by atoms with Gasteiger partial charge in [-0.05, 0) is 26.1 Å². The molecule has 0 saturated heterocycles. The van der Waals surface area contributed by atoms with Gasteiger partial charge in [-0.3, -0.25) is 5.10 Å². The van der Waals surface area contributed by atoms with Crippen LogP contribution in [0.2, 0.25) is 0 Å². The van der Waals surface area contributed by atoms with Crippen molar-refractivity contribution in [3.05, 3.63) is 35.4 Å². The summed E-state index contributed by atoms with van der Waals surface area (Å²) in [6.07, 6.45) is -1.34. The molecule has 0 aliphatic heterocycles. The van der Waals surface area contributed by atoms with Gasteiger partial charge in [0.25, 0.3) is 0 Å². The molecule has 0 aliphatic rings. The summed E-state index contributed by atoms with van der Waals surface area (Å²) >= 11 is 0. The van der Waals surface area contributed by atoms with E-state index in [0.717, 1.165) is 31.5 Å². The molecule has 0 bridgehead atoms. The minimum absolute atomic E-state index is 0.0939. The van der Waals surface area contributed by atoms with Gasteiger partial charge in [-0.1, -0.05) is 13.3 Å². The summed E-state index contributed by atoms with van der Waals surface area (Å²) in [5.41, 5.74) is -0.348. The fourth-order valence-electron chi connectivity index (χ4n) is 2.78. The van der Waals surface area contributed by atoms with Crippen LogP contribution in [0.3, 0.4) is 0 Å². The normalized spacial score (nSPS) is 12.0. The number of nitrogens with one attached hydrogen (secondary N) is 1. The number of H-pyrrole nitrogens is 1. The summed E-state index contributed by atoms with van der Waals surface area (Å²) < 4.78 is 65.0. The van der Waals surface area contributed by atoms with Crippen LogP contribution in [0.5, 0.6) is 5.75 Å². The Hall–Kier alpha value is -2.13.